The van der Waals surface area contributed by atoms with Gasteiger partial charge in [0.15, 0.2) is 0 Å². The van der Waals surface area contributed by atoms with Crippen LogP contribution in [0.15, 0.2) is 63.7 Å². The average Bonchev–Trinajstić information content (AvgIpc) is 3.12. The third-order valence-corrected chi connectivity index (χ3v) is 5.62. The van der Waals surface area contributed by atoms with E-state index in [1.165, 1.54) is 16.4 Å². The molecule has 11 heteroatoms. The van der Waals surface area contributed by atoms with Crippen molar-refractivity contribution in [2.75, 3.05) is 35.7 Å². The number of aromatic nitrogens is 3. The van der Waals surface area contributed by atoms with Gasteiger partial charge in [-0.15, -0.1) is 22.0 Å². The quantitative estimate of drug-likeness (QED) is 0.200. The number of nitrogens with one attached hydrogen (secondary N) is 2. The van der Waals surface area contributed by atoms with Gasteiger partial charge < -0.3 is 15.9 Å². The minimum absolute atomic E-state index is 0.141. The first-order valence-electron chi connectivity index (χ1n) is 8.80. The highest BCUT2D eigenvalue weighted by atomic mass is 32.2. The van der Waals surface area contributed by atoms with Gasteiger partial charge >= 0.3 is 0 Å². The number of thioether (sulfide) groups is 2. The Morgan fingerprint density at radius 1 is 1.23 bits per heavy atom. The number of hydrazone groups is 1. The molecule has 2 aromatic carbocycles. The van der Waals surface area contributed by atoms with E-state index >= 15 is 0 Å². The number of ether oxygens (including phenoxy) is 1. The van der Waals surface area contributed by atoms with Gasteiger partial charge in [-0.05, 0) is 30.5 Å². The summed E-state index contributed by atoms with van der Waals surface area (Å²) < 4.78 is 6.51. The number of nitrogen functional groups attached to an aromatic ring is 1. The van der Waals surface area contributed by atoms with Crippen molar-refractivity contribution in [1.82, 2.24) is 14.9 Å². The predicted octanol–water partition coefficient (Wildman–Crippen LogP) is 2.90. The summed E-state index contributed by atoms with van der Waals surface area (Å²) in [5, 5.41) is 15.3. The molecule has 0 saturated heterocycles. The molecule has 1 aromatic heterocycles. The first kappa shape index (κ1) is 21.5. The number of carbonyl (C=O) groups is 1. The van der Waals surface area contributed by atoms with Crippen molar-refractivity contribution in [3.8, 4) is 5.75 Å². The molecule has 3 aromatic rings. The fraction of sp³-hybridized carbons (Fsp3) is 0.158. The Morgan fingerprint density at radius 2 is 2.00 bits per heavy atom. The van der Waals surface area contributed by atoms with Crippen molar-refractivity contribution in [1.29, 1.82) is 0 Å². The van der Waals surface area contributed by atoms with E-state index in [9.17, 15) is 4.79 Å². The van der Waals surface area contributed by atoms with E-state index in [2.05, 4.69) is 26.0 Å². The lowest BCUT2D eigenvalue weighted by Gasteiger charge is -2.08. The maximum atomic E-state index is 12.3. The summed E-state index contributed by atoms with van der Waals surface area (Å²) >= 11 is 2.75. The van der Waals surface area contributed by atoms with Crippen molar-refractivity contribution >= 4 is 47.3 Å². The number of nitrogens with two attached hydrogens (primary N) is 1. The smallest absolute Gasteiger partial charge is 0.264 e. The highest BCUT2D eigenvalue weighted by Gasteiger charge is 2.13. The molecule has 1 heterocycles. The van der Waals surface area contributed by atoms with E-state index < -0.39 is 0 Å². The number of benzene rings is 2. The Balaban J connectivity index is 1.56. The van der Waals surface area contributed by atoms with Crippen LogP contribution in [-0.2, 0) is 4.79 Å². The lowest BCUT2D eigenvalue weighted by Crippen LogP contribution is -2.17. The van der Waals surface area contributed by atoms with E-state index in [1.54, 1.807) is 25.1 Å². The second-order valence-electron chi connectivity index (χ2n) is 5.83. The zero-order valence-electron chi connectivity index (χ0n) is 16.4. The van der Waals surface area contributed by atoms with Crippen LogP contribution in [0.4, 0.5) is 11.6 Å². The molecule has 0 fully saturated rings. The van der Waals surface area contributed by atoms with Crippen LogP contribution in [0, 0.1) is 0 Å². The zero-order chi connectivity index (χ0) is 21.3. The molecule has 0 aliphatic carbocycles. The summed E-state index contributed by atoms with van der Waals surface area (Å²) in [6, 6.07) is 15.1. The molecular weight excluding hydrogens is 422 g/mol. The SMILES string of the molecule is COc1ccccc1/C=N/Nc1nnc(SCC(=O)Nc2ccccc2SC)n1N. The van der Waals surface area contributed by atoms with Crippen LogP contribution in [-0.4, -0.2) is 46.1 Å². The second-order valence-corrected chi connectivity index (χ2v) is 7.62. The number of hydrogen-bond acceptors (Lipinski definition) is 9. The molecule has 0 aliphatic heterocycles. The lowest BCUT2D eigenvalue weighted by molar-refractivity contribution is -0.113. The van der Waals surface area contributed by atoms with Gasteiger partial charge in [0.2, 0.25) is 11.1 Å². The summed E-state index contributed by atoms with van der Waals surface area (Å²) in [5.74, 6) is 6.92. The Bertz CT molecular complexity index is 1040. The largest absolute Gasteiger partial charge is 0.496 e. The monoisotopic (exact) mass is 443 g/mol. The molecular formula is C19H21N7O2S2. The number of hydrogen-bond donors (Lipinski definition) is 3. The number of anilines is 2. The highest BCUT2D eigenvalue weighted by molar-refractivity contribution is 7.99. The summed E-state index contributed by atoms with van der Waals surface area (Å²) in [5.41, 5.74) is 4.31. The molecule has 9 nitrogen and oxygen atoms in total. The van der Waals surface area contributed by atoms with Crippen molar-refractivity contribution in [3.63, 3.8) is 0 Å². The van der Waals surface area contributed by atoms with Crippen LogP contribution in [0.25, 0.3) is 0 Å². The summed E-state index contributed by atoms with van der Waals surface area (Å²) in [6.07, 6.45) is 3.55. The van der Waals surface area contributed by atoms with Crippen LogP contribution in [0.5, 0.6) is 5.75 Å². The normalized spacial score (nSPS) is 10.9. The number of methoxy groups -OCH3 is 1. The van der Waals surface area contributed by atoms with Gasteiger partial charge in [0.1, 0.15) is 5.75 Å². The molecule has 4 N–H and O–H groups in total. The predicted molar refractivity (Wildman–Crippen MR) is 122 cm³/mol. The molecule has 30 heavy (non-hydrogen) atoms. The van der Waals surface area contributed by atoms with Crippen molar-refractivity contribution in [2.45, 2.75) is 10.1 Å². The van der Waals surface area contributed by atoms with Crippen molar-refractivity contribution in [2.24, 2.45) is 5.10 Å². The highest BCUT2D eigenvalue weighted by Crippen LogP contribution is 2.25. The van der Waals surface area contributed by atoms with Gasteiger partial charge in [-0.25, -0.2) is 10.1 Å². The van der Waals surface area contributed by atoms with E-state index in [0.717, 1.165) is 16.1 Å². The van der Waals surface area contributed by atoms with Crippen molar-refractivity contribution in [3.05, 3.63) is 54.1 Å². The molecule has 0 radical (unpaired) electrons. The first-order valence-corrected chi connectivity index (χ1v) is 11.0. The maximum Gasteiger partial charge on any atom is 0.264 e. The van der Waals surface area contributed by atoms with Crippen LogP contribution in [0.2, 0.25) is 0 Å². The van der Waals surface area contributed by atoms with Crippen LogP contribution in [0.3, 0.4) is 0 Å². The lowest BCUT2D eigenvalue weighted by atomic mass is 10.2. The summed E-state index contributed by atoms with van der Waals surface area (Å²) in [4.78, 5) is 13.3. The topological polar surface area (TPSA) is 119 Å². The minimum atomic E-state index is -0.159. The van der Waals surface area contributed by atoms with Crippen LogP contribution in [0.1, 0.15) is 5.56 Å². The fourth-order valence-corrected chi connectivity index (χ4v) is 3.66. The van der Waals surface area contributed by atoms with E-state index in [-0.39, 0.29) is 17.6 Å². The molecule has 3 rings (SSSR count). The molecule has 0 atom stereocenters. The number of rotatable bonds is 9. The van der Waals surface area contributed by atoms with E-state index in [1.807, 2.05) is 54.8 Å². The Morgan fingerprint density at radius 3 is 2.80 bits per heavy atom. The van der Waals surface area contributed by atoms with Crippen LogP contribution >= 0.6 is 23.5 Å². The molecule has 0 spiro atoms. The molecule has 0 aliphatic rings. The Hall–Kier alpha value is -3.18. The average molecular weight is 444 g/mol. The van der Waals surface area contributed by atoms with Gasteiger partial charge in [0, 0.05) is 10.5 Å². The van der Waals surface area contributed by atoms with Gasteiger partial charge in [-0.2, -0.15) is 5.10 Å². The standard InChI is InChI=1S/C19H21N7O2S2/c1-28-15-9-5-3-7-13(15)11-21-23-18-24-25-19(26(18)20)30-12-17(27)22-14-8-4-6-10-16(14)29-2/h3-11H,12,20H2,1-2H3,(H,22,27)(H,23,24)/b21-11+. The first-order chi connectivity index (χ1) is 14.6. The fourth-order valence-electron chi connectivity index (χ4n) is 2.45. The van der Waals surface area contributed by atoms with Gasteiger partial charge in [0.25, 0.3) is 5.95 Å². The van der Waals surface area contributed by atoms with Crippen LogP contribution < -0.4 is 21.3 Å². The third-order valence-electron chi connectivity index (χ3n) is 3.89. The Labute approximate surface area is 182 Å². The maximum absolute atomic E-state index is 12.3. The third kappa shape index (κ3) is 5.45. The summed E-state index contributed by atoms with van der Waals surface area (Å²) in [6.45, 7) is 0. The van der Waals surface area contributed by atoms with Gasteiger partial charge in [-0.3, -0.25) is 4.79 Å². The minimum Gasteiger partial charge on any atom is -0.496 e. The summed E-state index contributed by atoms with van der Waals surface area (Å²) in [7, 11) is 1.59. The number of nitrogens with zero attached hydrogens (tertiary/aromatic N) is 4. The zero-order valence-corrected chi connectivity index (χ0v) is 18.0. The number of para-hydroxylation sites is 2. The van der Waals surface area contributed by atoms with Crippen molar-refractivity contribution < 1.29 is 9.53 Å². The molecule has 0 saturated carbocycles. The molecule has 0 unspecified atom stereocenters. The Kier molecular flexibility index (Phi) is 7.57. The molecule has 0 bridgehead atoms. The number of carbonyl (C=O) groups excluding carboxylic acids is 1. The van der Waals surface area contributed by atoms with Gasteiger partial charge in [-0.1, -0.05) is 36.0 Å². The molecule has 1 amide bonds. The van der Waals surface area contributed by atoms with E-state index in [4.69, 9.17) is 10.6 Å². The number of amides is 1. The molecule has 156 valence electrons. The second kappa shape index (κ2) is 10.6. The van der Waals surface area contributed by atoms with Gasteiger partial charge in [0.05, 0.1) is 24.8 Å². The van der Waals surface area contributed by atoms with E-state index in [0.29, 0.717) is 10.9 Å².